The van der Waals surface area contributed by atoms with Crippen molar-refractivity contribution in [2.45, 2.75) is 39.7 Å². The van der Waals surface area contributed by atoms with Gasteiger partial charge in [-0.15, -0.1) is 0 Å². The molecule has 0 unspecified atom stereocenters. The van der Waals surface area contributed by atoms with Crippen LogP contribution in [0.3, 0.4) is 0 Å². The Bertz CT molecular complexity index is 610. The third-order valence-corrected chi connectivity index (χ3v) is 3.26. The van der Waals surface area contributed by atoms with Gasteiger partial charge in [0.05, 0.1) is 19.3 Å². The predicted octanol–water partition coefficient (Wildman–Crippen LogP) is 2.77. The van der Waals surface area contributed by atoms with Crippen LogP contribution in [-0.4, -0.2) is 28.4 Å². The van der Waals surface area contributed by atoms with Crippen molar-refractivity contribution in [3.63, 3.8) is 0 Å². The molecule has 1 aromatic carbocycles. The molecule has 0 amide bonds. The highest BCUT2D eigenvalue weighted by Gasteiger charge is 2.17. The molecular formula is C16H24N4O2. The Morgan fingerprint density at radius 3 is 2.41 bits per heavy atom. The van der Waals surface area contributed by atoms with E-state index >= 15 is 0 Å². The Labute approximate surface area is 131 Å². The maximum Gasteiger partial charge on any atom is 0.161 e. The second-order valence-corrected chi connectivity index (χ2v) is 5.28. The topological polar surface area (TPSA) is 86.0 Å². The van der Waals surface area contributed by atoms with Crippen LogP contribution in [0.4, 0.5) is 0 Å². The minimum Gasteiger partial charge on any atom is -0.490 e. The van der Waals surface area contributed by atoms with Crippen LogP contribution in [0.15, 0.2) is 18.2 Å². The minimum atomic E-state index is -0.380. The number of aromatic amines is 1. The number of H-pyrrole nitrogens is 1. The van der Waals surface area contributed by atoms with Crippen LogP contribution in [0.2, 0.25) is 0 Å². The molecule has 1 aromatic heterocycles. The smallest absolute Gasteiger partial charge is 0.161 e. The Kier molecular flexibility index (Phi) is 5.38. The van der Waals surface area contributed by atoms with Gasteiger partial charge in [0.15, 0.2) is 17.3 Å². The molecule has 2 rings (SSSR count). The number of nitrogens with two attached hydrogens (primary N) is 1. The van der Waals surface area contributed by atoms with Crippen molar-refractivity contribution in [2.75, 3.05) is 13.2 Å². The Morgan fingerprint density at radius 1 is 1.14 bits per heavy atom. The number of hydrogen-bond donors (Lipinski definition) is 2. The van der Waals surface area contributed by atoms with Crippen molar-refractivity contribution in [3.05, 3.63) is 35.4 Å². The van der Waals surface area contributed by atoms with E-state index in [1.54, 1.807) is 0 Å². The number of nitrogens with zero attached hydrogens (tertiary/aromatic N) is 2. The average Bonchev–Trinajstić information content (AvgIpc) is 2.99. The summed E-state index contributed by atoms with van der Waals surface area (Å²) in [5.74, 6) is 3.09. The number of aromatic nitrogens is 3. The summed E-state index contributed by atoms with van der Waals surface area (Å²) in [5.41, 5.74) is 7.19. The van der Waals surface area contributed by atoms with E-state index in [9.17, 15) is 0 Å². The van der Waals surface area contributed by atoms with Crippen LogP contribution in [0, 0.1) is 0 Å². The molecule has 0 radical (unpaired) electrons. The van der Waals surface area contributed by atoms with E-state index in [-0.39, 0.29) is 12.0 Å². The van der Waals surface area contributed by atoms with Crippen molar-refractivity contribution in [1.29, 1.82) is 0 Å². The van der Waals surface area contributed by atoms with E-state index in [1.165, 1.54) is 0 Å². The summed E-state index contributed by atoms with van der Waals surface area (Å²) in [6.45, 7) is 9.13. The first-order chi connectivity index (χ1) is 10.6. The highest BCUT2D eigenvalue weighted by Crippen LogP contribution is 2.31. The van der Waals surface area contributed by atoms with Crippen molar-refractivity contribution >= 4 is 0 Å². The summed E-state index contributed by atoms with van der Waals surface area (Å²) in [5, 5.41) is 7.11. The predicted molar refractivity (Wildman–Crippen MR) is 85.3 cm³/mol. The van der Waals surface area contributed by atoms with Crippen LogP contribution in [0.25, 0.3) is 0 Å². The lowest BCUT2D eigenvalue weighted by atomic mass is 10.1. The van der Waals surface area contributed by atoms with Crippen molar-refractivity contribution in [1.82, 2.24) is 15.2 Å². The van der Waals surface area contributed by atoms with Crippen LogP contribution in [-0.2, 0) is 0 Å². The highest BCUT2D eigenvalue weighted by molar-refractivity contribution is 5.44. The lowest BCUT2D eigenvalue weighted by Gasteiger charge is -2.14. The van der Waals surface area contributed by atoms with Gasteiger partial charge in [-0.05, 0) is 31.5 Å². The Morgan fingerprint density at radius 2 is 1.82 bits per heavy atom. The molecule has 0 saturated carbocycles. The van der Waals surface area contributed by atoms with Gasteiger partial charge in [-0.1, -0.05) is 19.9 Å². The fourth-order valence-electron chi connectivity index (χ4n) is 2.10. The van der Waals surface area contributed by atoms with Gasteiger partial charge in [-0.25, -0.2) is 4.98 Å². The van der Waals surface area contributed by atoms with Crippen LogP contribution in [0.5, 0.6) is 11.5 Å². The molecular weight excluding hydrogens is 280 g/mol. The quantitative estimate of drug-likeness (QED) is 0.821. The molecule has 0 aliphatic carbocycles. The summed E-state index contributed by atoms with van der Waals surface area (Å²) in [7, 11) is 0. The lowest BCUT2D eigenvalue weighted by molar-refractivity contribution is 0.287. The van der Waals surface area contributed by atoms with Gasteiger partial charge in [-0.2, -0.15) is 5.10 Å². The van der Waals surface area contributed by atoms with Crippen molar-refractivity contribution in [2.24, 2.45) is 5.73 Å². The third-order valence-electron chi connectivity index (χ3n) is 3.26. The van der Waals surface area contributed by atoms with Gasteiger partial charge in [0.1, 0.15) is 5.82 Å². The summed E-state index contributed by atoms with van der Waals surface area (Å²) in [4.78, 5) is 4.46. The number of ether oxygens (including phenoxy) is 2. The first-order valence-electron chi connectivity index (χ1n) is 7.64. The first kappa shape index (κ1) is 16.3. The van der Waals surface area contributed by atoms with E-state index in [2.05, 4.69) is 15.2 Å². The van der Waals surface area contributed by atoms with E-state index < -0.39 is 0 Å². The fourth-order valence-corrected chi connectivity index (χ4v) is 2.10. The summed E-state index contributed by atoms with van der Waals surface area (Å²) >= 11 is 0. The van der Waals surface area contributed by atoms with E-state index in [0.717, 1.165) is 17.1 Å². The number of rotatable bonds is 7. The molecule has 6 heteroatoms. The largest absolute Gasteiger partial charge is 0.490 e. The Hall–Kier alpha value is -2.08. The van der Waals surface area contributed by atoms with Gasteiger partial charge in [0.2, 0.25) is 0 Å². The molecule has 1 atom stereocenters. The zero-order chi connectivity index (χ0) is 16.1. The molecule has 0 aliphatic heterocycles. The number of benzene rings is 1. The first-order valence-corrected chi connectivity index (χ1v) is 7.64. The molecule has 0 fully saturated rings. The van der Waals surface area contributed by atoms with E-state index in [1.807, 2.05) is 45.9 Å². The van der Waals surface area contributed by atoms with Crippen molar-refractivity contribution in [3.8, 4) is 11.5 Å². The molecule has 0 saturated heterocycles. The van der Waals surface area contributed by atoms with Gasteiger partial charge in [0, 0.05) is 5.92 Å². The third kappa shape index (κ3) is 3.57. The summed E-state index contributed by atoms with van der Waals surface area (Å²) in [6.07, 6.45) is 0. The van der Waals surface area contributed by atoms with Gasteiger partial charge < -0.3 is 15.2 Å². The second kappa shape index (κ2) is 7.26. The zero-order valence-corrected chi connectivity index (χ0v) is 13.6. The van der Waals surface area contributed by atoms with E-state index in [0.29, 0.717) is 24.8 Å². The van der Waals surface area contributed by atoms with Crippen LogP contribution in [0.1, 0.15) is 56.9 Å². The van der Waals surface area contributed by atoms with Gasteiger partial charge >= 0.3 is 0 Å². The summed E-state index contributed by atoms with van der Waals surface area (Å²) in [6, 6.07) is 5.32. The van der Waals surface area contributed by atoms with Crippen LogP contribution >= 0.6 is 0 Å². The number of nitrogens with one attached hydrogen (secondary N) is 1. The SMILES string of the molecule is CCOc1ccc([C@@H](N)c2nc(C(C)C)n[nH]2)cc1OCC. The highest BCUT2D eigenvalue weighted by atomic mass is 16.5. The normalized spacial score (nSPS) is 12.5. The minimum absolute atomic E-state index is 0.261. The molecule has 0 spiro atoms. The molecule has 22 heavy (non-hydrogen) atoms. The monoisotopic (exact) mass is 304 g/mol. The molecule has 2 aromatic rings. The molecule has 120 valence electrons. The zero-order valence-electron chi connectivity index (χ0n) is 13.6. The molecule has 0 bridgehead atoms. The maximum absolute atomic E-state index is 6.29. The van der Waals surface area contributed by atoms with E-state index in [4.69, 9.17) is 15.2 Å². The number of hydrogen-bond acceptors (Lipinski definition) is 5. The average molecular weight is 304 g/mol. The fraction of sp³-hybridized carbons (Fsp3) is 0.500. The Balaban J connectivity index is 2.28. The van der Waals surface area contributed by atoms with Crippen molar-refractivity contribution < 1.29 is 9.47 Å². The standard InChI is InChI=1S/C16H24N4O2/c1-5-21-12-8-7-11(9-13(12)22-6-2)14(17)16-18-15(10(3)4)19-20-16/h7-10,14H,5-6,17H2,1-4H3,(H,18,19,20)/t14-/m1/s1. The maximum atomic E-state index is 6.29. The lowest BCUT2D eigenvalue weighted by Crippen LogP contribution is -2.14. The second-order valence-electron chi connectivity index (χ2n) is 5.28. The van der Waals surface area contributed by atoms with Gasteiger partial charge in [-0.3, -0.25) is 5.10 Å². The molecule has 1 heterocycles. The van der Waals surface area contributed by atoms with Gasteiger partial charge in [0.25, 0.3) is 0 Å². The van der Waals surface area contributed by atoms with Crippen LogP contribution < -0.4 is 15.2 Å². The molecule has 3 N–H and O–H groups in total. The molecule has 0 aliphatic rings. The molecule has 6 nitrogen and oxygen atoms in total. The summed E-state index contributed by atoms with van der Waals surface area (Å²) < 4.78 is 11.2.